The summed E-state index contributed by atoms with van der Waals surface area (Å²) >= 11 is 0. The van der Waals surface area contributed by atoms with Crippen LogP contribution in [0.4, 0.5) is 10.5 Å². The second-order valence-corrected chi connectivity index (χ2v) is 4.78. The zero-order valence-electron chi connectivity index (χ0n) is 10.6. The smallest absolute Gasteiger partial charge is 0.321 e. The summed E-state index contributed by atoms with van der Waals surface area (Å²) < 4.78 is 0. The number of anilines is 1. The topological polar surface area (TPSA) is 32.3 Å². The van der Waals surface area contributed by atoms with E-state index in [1.165, 1.54) is 17.5 Å². The maximum atomic E-state index is 12.0. The van der Waals surface area contributed by atoms with Crippen molar-refractivity contribution >= 4 is 11.7 Å². The van der Waals surface area contributed by atoms with Crippen LogP contribution < -0.4 is 5.32 Å². The molecule has 0 aliphatic carbocycles. The third-order valence-electron chi connectivity index (χ3n) is 3.40. The van der Waals surface area contributed by atoms with E-state index in [0.29, 0.717) is 0 Å². The Kier molecular flexibility index (Phi) is 3.67. The van der Waals surface area contributed by atoms with Gasteiger partial charge in [0.15, 0.2) is 0 Å². The summed E-state index contributed by atoms with van der Waals surface area (Å²) in [6.07, 6.45) is 3.49. The monoisotopic (exact) mass is 232 g/mol. The van der Waals surface area contributed by atoms with Crippen LogP contribution in [0.5, 0.6) is 0 Å². The Bertz CT molecular complexity index is 409. The number of nitrogens with one attached hydrogen (secondary N) is 1. The lowest BCUT2D eigenvalue weighted by molar-refractivity contribution is 0.200. The van der Waals surface area contributed by atoms with Gasteiger partial charge in [-0.2, -0.15) is 0 Å². The van der Waals surface area contributed by atoms with E-state index in [9.17, 15) is 4.79 Å². The highest BCUT2D eigenvalue weighted by Gasteiger charge is 2.16. The Labute approximate surface area is 103 Å². The van der Waals surface area contributed by atoms with Crippen LogP contribution in [0.2, 0.25) is 0 Å². The lowest BCUT2D eigenvalue weighted by Crippen LogP contribution is -2.38. The Morgan fingerprint density at radius 1 is 1.12 bits per heavy atom. The van der Waals surface area contributed by atoms with E-state index in [4.69, 9.17) is 0 Å². The van der Waals surface area contributed by atoms with Crippen LogP contribution in [0.1, 0.15) is 30.4 Å². The van der Waals surface area contributed by atoms with Crippen molar-refractivity contribution in [1.82, 2.24) is 4.90 Å². The molecule has 1 saturated heterocycles. The quantitative estimate of drug-likeness (QED) is 0.791. The fourth-order valence-corrected chi connectivity index (χ4v) is 2.12. The van der Waals surface area contributed by atoms with E-state index in [2.05, 4.69) is 19.2 Å². The minimum atomic E-state index is 0.0351. The molecular formula is C14H20N2O. The molecule has 17 heavy (non-hydrogen) atoms. The first kappa shape index (κ1) is 12.0. The van der Waals surface area contributed by atoms with Crippen LogP contribution in [0.3, 0.4) is 0 Å². The van der Waals surface area contributed by atoms with Gasteiger partial charge in [0, 0.05) is 18.8 Å². The van der Waals surface area contributed by atoms with Crippen molar-refractivity contribution in [3.63, 3.8) is 0 Å². The molecule has 0 radical (unpaired) electrons. The Balaban J connectivity index is 1.99. The molecule has 1 aliphatic heterocycles. The maximum absolute atomic E-state index is 12.0. The van der Waals surface area contributed by atoms with Gasteiger partial charge in [-0.3, -0.25) is 0 Å². The molecule has 3 heteroatoms. The highest BCUT2D eigenvalue weighted by Crippen LogP contribution is 2.16. The molecule has 0 unspecified atom stereocenters. The summed E-state index contributed by atoms with van der Waals surface area (Å²) in [7, 11) is 0. The molecule has 0 atom stereocenters. The predicted molar refractivity (Wildman–Crippen MR) is 70.4 cm³/mol. The van der Waals surface area contributed by atoms with E-state index >= 15 is 0 Å². The highest BCUT2D eigenvalue weighted by molar-refractivity contribution is 5.89. The summed E-state index contributed by atoms with van der Waals surface area (Å²) in [5, 5.41) is 2.97. The molecule has 1 N–H and O–H groups in total. The number of hydrogen-bond acceptors (Lipinski definition) is 1. The Hall–Kier alpha value is -1.51. The van der Waals surface area contributed by atoms with E-state index < -0.39 is 0 Å². The maximum Gasteiger partial charge on any atom is 0.321 e. The first-order valence-corrected chi connectivity index (χ1v) is 6.30. The van der Waals surface area contributed by atoms with Crippen LogP contribution in [-0.2, 0) is 0 Å². The normalized spacial score (nSPS) is 15.8. The van der Waals surface area contributed by atoms with E-state index in [-0.39, 0.29) is 6.03 Å². The second kappa shape index (κ2) is 5.21. The Morgan fingerprint density at radius 3 is 2.47 bits per heavy atom. The van der Waals surface area contributed by atoms with Crippen molar-refractivity contribution in [1.29, 1.82) is 0 Å². The zero-order valence-corrected chi connectivity index (χ0v) is 10.6. The summed E-state index contributed by atoms with van der Waals surface area (Å²) in [6.45, 7) is 5.91. The number of benzene rings is 1. The molecule has 1 aromatic carbocycles. The fourth-order valence-electron chi connectivity index (χ4n) is 2.12. The molecule has 0 bridgehead atoms. The Morgan fingerprint density at radius 2 is 1.82 bits per heavy atom. The van der Waals surface area contributed by atoms with Crippen molar-refractivity contribution in [2.75, 3.05) is 18.4 Å². The number of urea groups is 1. The highest BCUT2D eigenvalue weighted by atomic mass is 16.2. The van der Waals surface area contributed by atoms with Crippen LogP contribution in [-0.4, -0.2) is 24.0 Å². The zero-order chi connectivity index (χ0) is 12.3. The van der Waals surface area contributed by atoms with Gasteiger partial charge in [-0.15, -0.1) is 0 Å². The minimum absolute atomic E-state index is 0.0351. The van der Waals surface area contributed by atoms with Gasteiger partial charge in [0.05, 0.1) is 0 Å². The van der Waals surface area contributed by atoms with Gasteiger partial charge in [0.2, 0.25) is 0 Å². The van der Waals surface area contributed by atoms with E-state index in [1.807, 2.05) is 23.1 Å². The van der Waals surface area contributed by atoms with Crippen LogP contribution in [0, 0.1) is 13.8 Å². The van der Waals surface area contributed by atoms with Crippen LogP contribution >= 0.6 is 0 Å². The molecule has 2 rings (SSSR count). The summed E-state index contributed by atoms with van der Waals surface area (Å²) in [5.74, 6) is 0. The molecule has 0 saturated carbocycles. The minimum Gasteiger partial charge on any atom is -0.325 e. The molecular weight excluding hydrogens is 212 g/mol. The summed E-state index contributed by atoms with van der Waals surface area (Å²) in [4.78, 5) is 13.9. The predicted octanol–water partition coefficient (Wildman–Crippen LogP) is 3.32. The first-order chi connectivity index (χ1) is 8.16. The molecule has 1 heterocycles. The van der Waals surface area contributed by atoms with Crippen molar-refractivity contribution in [3.8, 4) is 0 Å². The van der Waals surface area contributed by atoms with Crippen LogP contribution in [0.15, 0.2) is 18.2 Å². The van der Waals surface area contributed by atoms with E-state index in [0.717, 1.165) is 31.6 Å². The van der Waals surface area contributed by atoms with Gasteiger partial charge in [-0.05, 0) is 56.4 Å². The number of carbonyl (C=O) groups is 1. The number of rotatable bonds is 1. The molecule has 92 valence electrons. The van der Waals surface area contributed by atoms with Crippen LogP contribution in [0.25, 0.3) is 0 Å². The molecule has 1 aromatic rings. The van der Waals surface area contributed by atoms with Crippen molar-refractivity contribution in [3.05, 3.63) is 29.3 Å². The number of likely N-dealkylation sites (tertiary alicyclic amines) is 1. The molecule has 0 aromatic heterocycles. The number of aryl methyl sites for hydroxylation is 2. The SMILES string of the molecule is Cc1ccc(NC(=O)N2CCCCC2)cc1C. The van der Waals surface area contributed by atoms with Crippen molar-refractivity contribution in [2.24, 2.45) is 0 Å². The molecule has 3 nitrogen and oxygen atoms in total. The molecule has 1 aliphatic rings. The second-order valence-electron chi connectivity index (χ2n) is 4.78. The number of hydrogen-bond donors (Lipinski definition) is 1. The van der Waals surface area contributed by atoms with Gasteiger partial charge in [0.25, 0.3) is 0 Å². The van der Waals surface area contributed by atoms with Crippen molar-refractivity contribution < 1.29 is 4.79 Å². The summed E-state index contributed by atoms with van der Waals surface area (Å²) in [5.41, 5.74) is 3.35. The number of amides is 2. The van der Waals surface area contributed by atoms with Gasteiger partial charge in [-0.1, -0.05) is 6.07 Å². The standard InChI is InChI=1S/C14H20N2O/c1-11-6-7-13(10-12(11)2)15-14(17)16-8-4-3-5-9-16/h6-7,10H,3-5,8-9H2,1-2H3,(H,15,17). The van der Waals surface area contributed by atoms with Crippen molar-refractivity contribution in [2.45, 2.75) is 33.1 Å². The number of nitrogens with zero attached hydrogens (tertiary/aromatic N) is 1. The van der Waals surface area contributed by atoms with Gasteiger partial charge < -0.3 is 10.2 Å². The van der Waals surface area contributed by atoms with Gasteiger partial charge in [-0.25, -0.2) is 4.79 Å². The average Bonchev–Trinajstić information content (AvgIpc) is 2.35. The lowest BCUT2D eigenvalue weighted by atomic mass is 10.1. The van der Waals surface area contributed by atoms with E-state index in [1.54, 1.807) is 0 Å². The molecule has 1 fully saturated rings. The van der Waals surface area contributed by atoms with Gasteiger partial charge >= 0.3 is 6.03 Å². The largest absolute Gasteiger partial charge is 0.325 e. The lowest BCUT2D eigenvalue weighted by Gasteiger charge is -2.26. The third-order valence-corrected chi connectivity index (χ3v) is 3.40. The van der Waals surface area contributed by atoms with Gasteiger partial charge in [0.1, 0.15) is 0 Å². The summed E-state index contributed by atoms with van der Waals surface area (Å²) in [6, 6.07) is 6.07. The first-order valence-electron chi connectivity index (χ1n) is 6.30. The fraction of sp³-hybridized carbons (Fsp3) is 0.500. The third kappa shape index (κ3) is 2.99. The number of piperidine rings is 1. The molecule has 2 amide bonds. The average molecular weight is 232 g/mol. The molecule has 0 spiro atoms. The number of carbonyl (C=O) groups excluding carboxylic acids is 1.